The van der Waals surface area contributed by atoms with E-state index >= 15 is 0 Å². The van der Waals surface area contributed by atoms with Crippen molar-refractivity contribution >= 4 is 12.0 Å². The van der Waals surface area contributed by atoms with Gasteiger partial charge in [0.05, 0.1) is 0 Å². The predicted molar refractivity (Wildman–Crippen MR) is 60.5 cm³/mol. The van der Waals surface area contributed by atoms with Crippen LogP contribution in [0.25, 0.3) is 0 Å². The van der Waals surface area contributed by atoms with Crippen molar-refractivity contribution in [3.8, 4) is 0 Å². The first-order valence-electron chi connectivity index (χ1n) is 5.08. The summed E-state index contributed by atoms with van der Waals surface area (Å²) in [6.07, 6.45) is 2.37. The molecule has 0 fully saturated rings. The Kier molecular flexibility index (Phi) is 4.36. The summed E-state index contributed by atoms with van der Waals surface area (Å²) in [5, 5.41) is 10.9. The molecule has 94 valence electrons. The molecule has 0 aliphatic carbocycles. The van der Waals surface area contributed by atoms with E-state index in [4.69, 9.17) is 9.94 Å². The minimum atomic E-state index is -0.606. The van der Waals surface area contributed by atoms with Crippen molar-refractivity contribution in [2.75, 3.05) is 5.32 Å². The number of nitrogens with zero attached hydrogens (tertiary/aromatic N) is 2. The summed E-state index contributed by atoms with van der Waals surface area (Å²) >= 11 is 0. The molecular weight excluding hydrogens is 224 g/mol. The highest BCUT2D eigenvalue weighted by molar-refractivity contribution is 5.82. The second kappa shape index (κ2) is 5.55. The largest absolute Gasteiger partial charge is 0.444 e. The van der Waals surface area contributed by atoms with Gasteiger partial charge in [-0.2, -0.15) is 0 Å². The molecule has 0 saturated heterocycles. The number of carbonyl (C=O) groups is 1. The maximum Gasteiger partial charge on any atom is 0.414 e. The maximum atomic E-state index is 11.4. The molecule has 0 atom stereocenters. The van der Waals surface area contributed by atoms with Crippen LogP contribution < -0.4 is 10.8 Å². The smallest absolute Gasteiger partial charge is 0.414 e. The fourth-order valence-electron chi connectivity index (χ4n) is 0.997. The summed E-state index contributed by atoms with van der Waals surface area (Å²) in [7, 11) is 0. The van der Waals surface area contributed by atoms with Gasteiger partial charge in [-0.3, -0.25) is 5.32 Å². The second-order valence-electron chi connectivity index (χ2n) is 4.38. The molecule has 7 heteroatoms. The molecule has 0 aliphatic rings. The summed E-state index contributed by atoms with van der Waals surface area (Å²) in [5.74, 6) is 0.154. The lowest BCUT2D eigenvalue weighted by Crippen LogP contribution is -2.27. The zero-order chi connectivity index (χ0) is 12.9. The molecule has 7 nitrogen and oxygen atoms in total. The van der Waals surface area contributed by atoms with E-state index in [1.54, 1.807) is 20.8 Å². The lowest BCUT2D eigenvalue weighted by molar-refractivity contribution is 0.0634. The average Bonchev–Trinajstić information content (AvgIpc) is 2.18. The van der Waals surface area contributed by atoms with E-state index in [0.717, 1.165) is 0 Å². The Morgan fingerprint density at radius 3 is 2.47 bits per heavy atom. The Bertz CT molecular complexity index is 372. The van der Waals surface area contributed by atoms with Crippen LogP contribution in [-0.4, -0.2) is 26.9 Å². The maximum absolute atomic E-state index is 11.4. The molecule has 1 heterocycles. The van der Waals surface area contributed by atoms with Crippen LogP contribution in [0.4, 0.5) is 10.7 Å². The van der Waals surface area contributed by atoms with E-state index in [9.17, 15) is 4.79 Å². The summed E-state index contributed by atoms with van der Waals surface area (Å²) in [6.45, 7) is 5.54. The quantitative estimate of drug-likeness (QED) is 0.689. The summed E-state index contributed by atoms with van der Waals surface area (Å²) in [6, 6.07) is 0. The van der Waals surface area contributed by atoms with Gasteiger partial charge in [0.25, 0.3) is 0 Å². The first kappa shape index (κ1) is 13.3. The highest BCUT2D eigenvalue weighted by Gasteiger charge is 2.16. The van der Waals surface area contributed by atoms with Gasteiger partial charge in [0, 0.05) is 24.5 Å². The van der Waals surface area contributed by atoms with Gasteiger partial charge in [-0.15, -0.1) is 0 Å². The van der Waals surface area contributed by atoms with Gasteiger partial charge in [-0.05, 0) is 20.8 Å². The molecular formula is C10H16N4O3. The molecule has 1 amide bonds. The molecule has 1 rings (SSSR count). The minimum Gasteiger partial charge on any atom is -0.444 e. The number of nitrogens with one attached hydrogen (secondary N) is 2. The van der Waals surface area contributed by atoms with Gasteiger partial charge >= 0.3 is 6.09 Å². The summed E-state index contributed by atoms with van der Waals surface area (Å²) < 4.78 is 5.04. The van der Waals surface area contributed by atoms with Gasteiger partial charge in [-0.1, -0.05) is 0 Å². The molecule has 3 N–H and O–H groups in total. The second-order valence-corrected chi connectivity index (χ2v) is 4.38. The third-order valence-corrected chi connectivity index (χ3v) is 1.60. The van der Waals surface area contributed by atoms with Gasteiger partial charge in [0.15, 0.2) is 0 Å². The Balaban J connectivity index is 2.54. The van der Waals surface area contributed by atoms with E-state index in [2.05, 4.69) is 15.3 Å². The number of amides is 1. The standard InChI is InChI=1S/C10H16N4O3/c1-10(2,3)17-9(15)14-8-11-4-7(5-12-8)6-13-16/h4-5,13,16H,6H2,1-3H3,(H,11,12,14,15). The molecule has 1 aromatic rings. The molecule has 1 aromatic heterocycles. The van der Waals surface area contributed by atoms with Gasteiger partial charge in [0.1, 0.15) is 5.60 Å². The molecule has 17 heavy (non-hydrogen) atoms. The third-order valence-electron chi connectivity index (χ3n) is 1.60. The number of hydroxylamine groups is 1. The van der Waals surface area contributed by atoms with Crippen molar-refractivity contribution in [1.29, 1.82) is 0 Å². The van der Waals surface area contributed by atoms with Crippen molar-refractivity contribution in [3.63, 3.8) is 0 Å². The van der Waals surface area contributed by atoms with Gasteiger partial charge in [0.2, 0.25) is 5.95 Å². The van der Waals surface area contributed by atoms with Crippen molar-refractivity contribution < 1.29 is 14.7 Å². The number of aromatic nitrogens is 2. The highest BCUT2D eigenvalue weighted by atomic mass is 16.6. The van der Waals surface area contributed by atoms with Crippen LogP contribution >= 0.6 is 0 Å². The zero-order valence-electron chi connectivity index (χ0n) is 10.0. The van der Waals surface area contributed by atoms with Crippen LogP contribution in [0.1, 0.15) is 26.3 Å². The van der Waals surface area contributed by atoms with Gasteiger partial charge < -0.3 is 9.94 Å². The van der Waals surface area contributed by atoms with E-state index in [1.165, 1.54) is 12.4 Å². The van der Waals surface area contributed by atoms with Crippen molar-refractivity contribution in [2.24, 2.45) is 0 Å². The Morgan fingerprint density at radius 2 is 2.00 bits per heavy atom. The molecule has 0 radical (unpaired) electrons. The monoisotopic (exact) mass is 240 g/mol. The first-order chi connectivity index (χ1) is 7.90. The Labute approximate surface area is 99.2 Å². The highest BCUT2D eigenvalue weighted by Crippen LogP contribution is 2.08. The van der Waals surface area contributed by atoms with Crippen molar-refractivity contribution in [2.45, 2.75) is 32.9 Å². The SMILES string of the molecule is CC(C)(C)OC(=O)Nc1ncc(CNO)cn1. The number of hydrogen-bond acceptors (Lipinski definition) is 6. The molecule has 0 bridgehead atoms. The Morgan fingerprint density at radius 1 is 1.41 bits per heavy atom. The molecule has 0 saturated carbocycles. The van der Waals surface area contributed by atoms with Crippen molar-refractivity contribution in [1.82, 2.24) is 15.4 Å². The van der Waals surface area contributed by atoms with Crippen LogP contribution in [0, 0.1) is 0 Å². The lowest BCUT2D eigenvalue weighted by atomic mass is 10.2. The predicted octanol–water partition coefficient (Wildman–Crippen LogP) is 1.30. The molecule has 0 aliphatic heterocycles. The van der Waals surface area contributed by atoms with Gasteiger partial charge in [-0.25, -0.2) is 20.2 Å². The lowest BCUT2D eigenvalue weighted by Gasteiger charge is -2.19. The first-order valence-corrected chi connectivity index (χ1v) is 5.08. The zero-order valence-corrected chi connectivity index (χ0v) is 10.0. The van der Waals surface area contributed by atoms with E-state index in [-0.39, 0.29) is 12.5 Å². The molecule has 0 spiro atoms. The average molecular weight is 240 g/mol. The molecule has 0 unspecified atom stereocenters. The normalized spacial score (nSPS) is 11.1. The van der Waals surface area contributed by atoms with Crippen LogP contribution in [0.15, 0.2) is 12.4 Å². The van der Waals surface area contributed by atoms with E-state index in [1.807, 2.05) is 5.48 Å². The third kappa shape index (κ3) is 5.23. The van der Waals surface area contributed by atoms with Crippen LogP contribution in [-0.2, 0) is 11.3 Å². The number of anilines is 1. The van der Waals surface area contributed by atoms with Crippen molar-refractivity contribution in [3.05, 3.63) is 18.0 Å². The number of rotatable bonds is 3. The van der Waals surface area contributed by atoms with Crippen LogP contribution in [0.3, 0.4) is 0 Å². The number of ether oxygens (including phenoxy) is 1. The summed E-state index contributed by atoms with van der Waals surface area (Å²) in [5.41, 5.74) is 2.12. The van der Waals surface area contributed by atoms with Crippen LogP contribution in [0.5, 0.6) is 0 Å². The fourth-order valence-corrected chi connectivity index (χ4v) is 0.997. The topological polar surface area (TPSA) is 96.4 Å². The van der Waals surface area contributed by atoms with E-state index in [0.29, 0.717) is 5.56 Å². The van der Waals surface area contributed by atoms with E-state index < -0.39 is 11.7 Å². The Hall–Kier alpha value is -1.73. The van der Waals surface area contributed by atoms with Crippen LogP contribution in [0.2, 0.25) is 0 Å². The number of hydrogen-bond donors (Lipinski definition) is 3. The fraction of sp³-hybridized carbons (Fsp3) is 0.500. The minimum absolute atomic E-state index is 0.154. The summed E-state index contributed by atoms with van der Waals surface area (Å²) in [4.78, 5) is 19.2. The molecule has 0 aromatic carbocycles. The number of carbonyl (C=O) groups excluding carboxylic acids is 1.